The van der Waals surface area contributed by atoms with E-state index in [0.717, 1.165) is 5.56 Å². The van der Waals surface area contributed by atoms with Gasteiger partial charge in [0, 0.05) is 28.3 Å². The molecule has 156 valence electrons. The molecule has 0 atom stereocenters. The SMILES string of the molecule is CC(C)(C)c1ccc(S(=O)(=O)Cc2ccc(Cl)cc2C(=O)c2cc[n+]([O-])cc2)cc1. The molecule has 0 fully saturated rings. The van der Waals surface area contributed by atoms with Crippen molar-refractivity contribution < 1.29 is 17.9 Å². The molecule has 2 aromatic carbocycles. The average Bonchev–Trinajstić information content (AvgIpc) is 2.69. The Morgan fingerprint density at radius 3 is 2.17 bits per heavy atom. The van der Waals surface area contributed by atoms with Gasteiger partial charge in [0.05, 0.1) is 10.6 Å². The quantitative estimate of drug-likeness (QED) is 0.331. The van der Waals surface area contributed by atoms with Crippen molar-refractivity contribution in [3.8, 4) is 0 Å². The van der Waals surface area contributed by atoms with Crippen LogP contribution in [0.1, 0.15) is 47.8 Å². The Morgan fingerprint density at radius 2 is 1.60 bits per heavy atom. The van der Waals surface area contributed by atoms with Crippen LogP contribution in [0.3, 0.4) is 0 Å². The van der Waals surface area contributed by atoms with Gasteiger partial charge in [0.1, 0.15) is 0 Å². The minimum atomic E-state index is -3.68. The highest BCUT2D eigenvalue weighted by atomic mass is 35.5. The van der Waals surface area contributed by atoms with Crippen molar-refractivity contribution in [2.75, 3.05) is 0 Å². The standard InChI is InChI=1S/C23H22ClNO4S/c1-23(2,3)18-5-8-20(9-6-18)30(28,29)15-17-4-7-19(24)14-21(17)22(26)16-10-12-25(27)13-11-16/h4-14H,15H2,1-3H3. The fraction of sp³-hybridized carbons (Fsp3) is 0.217. The van der Waals surface area contributed by atoms with Crippen LogP contribution in [-0.4, -0.2) is 14.2 Å². The van der Waals surface area contributed by atoms with Crippen LogP contribution >= 0.6 is 11.6 Å². The van der Waals surface area contributed by atoms with E-state index in [1.807, 2.05) is 12.1 Å². The van der Waals surface area contributed by atoms with Crippen molar-refractivity contribution in [3.05, 3.63) is 99.5 Å². The number of halogens is 1. The van der Waals surface area contributed by atoms with Crippen molar-refractivity contribution in [2.24, 2.45) is 0 Å². The van der Waals surface area contributed by atoms with E-state index in [0.29, 0.717) is 15.3 Å². The molecule has 0 saturated heterocycles. The normalized spacial score (nSPS) is 12.0. The van der Waals surface area contributed by atoms with E-state index >= 15 is 0 Å². The van der Waals surface area contributed by atoms with Crippen molar-refractivity contribution >= 4 is 27.2 Å². The Balaban J connectivity index is 1.96. The first-order valence-electron chi connectivity index (χ1n) is 9.33. The third-order valence-electron chi connectivity index (χ3n) is 4.81. The highest BCUT2D eigenvalue weighted by molar-refractivity contribution is 7.90. The molecule has 0 amide bonds. The molecule has 7 heteroatoms. The van der Waals surface area contributed by atoms with E-state index < -0.39 is 15.6 Å². The van der Waals surface area contributed by atoms with E-state index in [1.54, 1.807) is 24.3 Å². The molecule has 0 saturated carbocycles. The molecule has 1 heterocycles. The summed E-state index contributed by atoms with van der Waals surface area (Å²) < 4.78 is 26.6. The molecule has 0 unspecified atom stereocenters. The Labute approximate surface area is 181 Å². The molecule has 0 aliphatic heterocycles. The maximum atomic E-state index is 13.0. The summed E-state index contributed by atoms with van der Waals surface area (Å²) in [5.74, 6) is -0.736. The molecular formula is C23H22ClNO4S. The second-order valence-electron chi connectivity index (χ2n) is 8.11. The Morgan fingerprint density at radius 1 is 1.00 bits per heavy atom. The number of carbonyl (C=O) groups excluding carboxylic acids is 1. The number of sulfone groups is 1. The lowest BCUT2D eigenvalue weighted by atomic mass is 9.87. The summed E-state index contributed by atoms with van der Waals surface area (Å²) in [5, 5.41) is 11.6. The molecule has 5 nitrogen and oxygen atoms in total. The van der Waals surface area contributed by atoms with Gasteiger partial charge in [-0.15, -0.1) is 0 Å². The molecule has 0 aliphatic rings. The molecular weight excluding hydrogens is 422 g/mol. The van der Waals surface area contributed by atoms with Gasteiger partial charge in [-0.1, -0.05) is 50.6 Å². The number of carbonyl (C=O) groups is 1. The van der Waals surface area contributed by atoms with Gasteiger partial charge in [0.2, 0.25) is 0 Å². The van der Waals surface area contributed by atoms with E-state index in [4.69, 9.17) is 11.6 Å². The number of aromatic nitrogens is 1. The number of rotatable bonds is 5. The maximum Gasteiger partial charge on any atom is 0.193 e. The minimum absolute atomic E-state index is 0.0873. The zero-order chi connectivity index (χ0) is 22.1. The molecule has 3 rings (SSSR count). The fourth-order valence-corrected chi connectivity index (χ4v) is 4.61. The van der Waals surface area contributed by atoms with Crippen LogP contribution in [0.15, 0.2) is 71.9 Å². The number of pyridine rings is 1. The Bertz CT molecular complexity index is 1180. The van der Waals surface area contributed by atoms with Crippen LogP contribution in [0.25, 0.3) is 0 Å². The van der Waals surface area contributed by atoms with Crippen LogP contribution in [0.2, 0.25) is 5.02 Å². The van der Waals surface area contributed by atoms with Gasteiger partial charge in [-0.05, 0) is 40.8 Å². The summed E-state index contributed by atoms with van der Waals surface area (Å²) in [6.45, 7) is 6.17. The number of nitrogens with zero attached hydrogens (tertiary/aromatic N) is 1. The molecule has 0 N–H and O–H groups in total. The molecule has 0 radical (unpaired) electrons. The highest BCUT2D eigenvalue weighted by Gasteiger charge is 2.22. The van der Waals surface area contributed by atoms with E-state index in [-0.39, 0.29) is 27.2 Å². The maximum absolute atomic E-state index is 13.0. The average molecular weight is 444 g/mol. The summed E-state index contributed by atoms with van der Waals surface area (Å²) in [6, 6.07) is 14.1. The minimum Gasteiger partial charge on any atom is -0.619 e. The van der Waals surface area contributed by atoms with Crippen molar-refractivity contribution in [1.82, 2.24) is 0 Å². The van der Waals surface area contributed by atoms with Crippen molar-refractivity contribution in [1.29, 1.82) is 0 Å². The predicted octanol–water partition coefficient (Wildman–Crippen LogP) is 4.48. The predicted molar refractivity (Wildman–Crippen MR) is 116 cm³/mol. The van der Waals surface area contributed by atoms with E-state index in [2.05, 4.69) is 20.8 Å². The topological polar surface area (TPSA) is 78.2 Å². The molecule has 3 aromatic rings. The van der Waals surface area contributed by atoms with Gasteiger partial charge < -0.3 is 5.21 Å². The van der Waals surface area contributed by atoms with Gasteiger partial charge in [-0.3, -0.25) is 4.79 Å². The van der Waals surface area contributed by atoms with Gasteiger partial charge in [0.25, 0.3) is 0 Å². The molecule has 30 heavy (non-hydrogen) atoms. The van der Waals surface area contributed by atoms with Crippen LogP contribution in [0.5, 0.6) is 0 Å². The summed E-state index contributed by atoms with van der Waals surface area (Å²) in [4.78, 5) is 13.1. The molecule has 1 aromatic heterocycles. The number of hydrogen-bond donors (Lipinski definition) is 0. The van der Waals surface area contributed by atoms with Crippen LogP contribution in [0.4, 0.5) is 0 Å². The van der Waals surface area contributed by atoms with Crippen LogP contribution < -0.4 is 4.73 Å². The number of hydrogen-bond acceptors (Lipinski definition) is 4. The lowest BCUT2D eigenvalue weighted by Gasteiger charge is -2.19. The number of benzene rings is 2. The first-order chi connectivity index (χ1) is 14.0. The third-order valence-corrected chi connectivity index (χ3v) is 6.72. The fourth-order valence-electron chi connectivity index (χ4n) is 3.06. The monoisotopic (exact) mass is 443 g/mol. The van der Waals surface area contributed by atoms with Gasteiger partial charge >= 0.3 is 0 Å². The highest BCUT2D eigenvalue weighted by Crippen LogP contribution is 2.27. The second-order valence-corrected chi connectivity index (χ2v) is 10.5. The lowest BCUT2D eigenvalue weighted by Crippen LogP contribution is -2.24. The first kappa shape index (κ1) is 22.0. The van der Waals surface area contributed by atoms with Crippen molar-refractivity contribution in [3.63, 3.8) is 0 Å². The molecule has 0 spiro atoms. The summed E-state index contributed by atoms with van der Waals surface area (Å²) in [7, 11) is -3.68. The van der Waals surface area contributed by atoms with Crippen molar-refractivity contribution in [2.45, 2.75) is 36.8 Å². The van der Waals surface area contributed by atoms with Gasteiger partial charge in [-0.2, -0.15) is 4.73 Å². The Kier molecular flexibility index (Phi) is 6.01. The van der Waals surface area contributed by atoms with Crippen LogP contribution in [-0.2, 0) is 21.0 Å². The second kappa shape index (κ2) is 8.20. The summed E-state index contributed by atoms with van der Waals surface area (Å²) >= 11 is 6.07. The Hall–Kier alpha value is -2.70. The smallest absolute Gasteiger partial charge is 0.193 e. The van der Waals surface area contributed by atoms with E-state index in [1.165, 1.54) is 30.6 Å². The lowest BCUT2D eigenvalue weighted by molar-refractivity contribution is -0.605. The zero-order valence-corrected chi connectivity index (χ0v) is 18.5. The zero-order valence-electron chi connectivity index (χ0n) is 16.9. The summed E-state index contributed by atoms with van der Waals surface area (Å²) in [6.07, 6.45) is 2.43. The number of ketones is 1. The van der Waals surface area contributed by atoms with Gasteiger partial charge in [-0.25, -0.2) is 8.42 Å². The summed E-state index contributed by atoms with van der Waals surface area (Å²) in [5.41, 5.74) is 1.76. The molecule has 0 aliphatic carbocycles. The molecule has 0 bridgehead atoms. The van der Waals surface area contributed by atoms with Crippen LogP contribution in [0, 0.1) is 5.21 Å². The first-order valence-corrected chi connectivity index (χ1v) is 11.4. The largest absolute Gasteiger partial charge is 0.619 e. The van der Waals surface area contributed by atoms with E-state index in [9.17, 15) is 18.4 Å². The van der Waals surface area contributed by atoms with Gasteiger partial charge in [0.15, 0.2) is 28.0 Å². The third kappa shape index (κ3) is 4.89.